The van der Waals surface area contributed by atoms with Crippen molar-refractivity contribution in [3.63, 3.8) is 0 Å². The molecule has 0 atom stereocenters. The highest BCUT2D eigenvalue weighted by atomic mass is 32.2. The second-order valence-corrected chi connectivity index (χ2v) is 8.85. The molecule has 0 radical (unpaired) electrons. The fourth-order valence-electron chi connectivity index (χ4n) is 3.16. The van der Waals surface area contributed by atoms with E-state index in [9.17, 15) is 30.8 Å². The van der Waals surface area contributed by atoms with Crippen molar-refractivity contribution in [1.82, 2.24) is 4.31 Å². The van der Waals surface area contributed by atoms with Crippen molar-refractivity contribution in [2.45, 2.75) is 31.0 Å². The second-order valence-electron chi connectivity index (χ2n) is 6.91. The number of benzene rings is 2. The van der Waals surface area contributed by atoms with E-state index in [1.54, 1.807) is 0 Å². The van der Waals surface area contributed by atoms with Crippen molar-refractivity contribution in [3.05, 3.63) is 54.1 Å². The molecule has 0 unspecified atom stereocenters. The van der Waals surface area contributed by atoms with Crippen LogP contribution in [0.1, 0.15) is 18.4 Å². The van der Waals surface area contributed by atoms with Crippen LogP contribution < -0.4 is 14.8 Å². The van der Waals surface area contributed by atoms with Crippen LogP contribution in [0.3, 0.4) is 0 Å². The number of carbonyl (C=O) groups is 1. The number of nitrogens with one attached hydrogen (secondary N) is 1. The van der Waals surface area contributed by atoms with E-state index in [1.165, 1.54) is 34.6 Å². The molecule has 2 aromatic rings. The topological polar surface area (TPSA) is 84.9 Å². The number of amides is 1. The quantitative estimate of drug-likeness (QED) is 0.420. The Hall–Kier alpha value is -3.12. The van der Waals surface area contributed by atoms with E-state index in [1.807, 2.05) is 0 Å². The van der Waals surface area contributed by atoms with E-state index in [0.29, 0.717) is 18.8 Å². The highest BCUT2D eigenvalue weighted by molar-refractivity contribution is 7.89. The average molecular weight is 488 g/mol. The van der Waals surface area contributed by atoms with Gasteiger partial charge in [-0.3, -0.25) is 4.79 Å². The van der Waals surface area contributed by atoms with E-state index in [4.69, 9.17) is 0 Å². The van der Waals surface area contributed by atoms with Gasteiger partial charge in [0.15, 0.2) is 0 Å². The van der Waals surface area contributed by atoms with Gasteiger partial charge >= 0.3 is 13.2 Å². The fraction of sp³-hybridized carbons (Fsp3) is 0.286. The van der Waals surface area contributed by atoms with Gasteiger partial charge in [-0.1, -0.05) is 0 Å². The third-order valence-corrected chi connectivity index (χ3v) is 6.58. The number of anilines is 1. The number of hydrogen-bond acceptors (Lipinski definition) is 5. The van der Waals surface area contributed by atoms with E-state index >= 15 is 0 Å². The molecule has 1 aliphatic rings. The lowest BCUT2D eigenvalue weighted by molar-refractivity contribution is -0.111. The molecule has 12 heteroatoms. The van der Waals surface area contributed by atoms with Crippen LogP contribution in [0.2, 0.25) is 0 Å². The molecule has 2 aromatic carbocycles. The summed E-state index contributed by atoms with van der Waals surface area (Å²) in [5.41, 5.74) is 0.342. The number of sulfonamides is 1. The molecule has 1 heterocycles. The lowest BCUT2D eigenvalue weighted by atomic mass is 10.1. The first-order valence-corrected chi connectivity index (χ1v) is 11.2. The van der Waals surface area contributed by atoms with Gasteiger partial charge in [0.2, 0.25) is 15.9 Å². The number of nitrogens with zero attached hydrogens (tertiary/aromatic N) is 1. The third kappa shape index (κ3) is 6.68. The molecule has 0 aliphatic carbocycles. The number of hydrogen-bond donors (Lipinski definition) is 1. The first kappa shape index (κ1) is 24.5. The summed E-state index contributed by atoms with van der Waals surface area (Å²) in [6.45, 7) is -5.42. The van der Waals surface area contributed by atoms with Crippen molar-refractivity contribution < 1.29 is 40.2 Å². The molecule has 3 rings (SSSR count). The molecule has 1 amide bonds. The zero-order valence-corrected chi connectivity index (χ0v) is 17.9. The van der Waals surface area contributed by atoms with Gasteiger partial charge in [-0.15, -0.1) is 0 Å². The molecule has 0 aromatic heterocycles. The lowest BCUT2D eigenvalue weighted by Crippen LogP contribution is -2.27. The summed E-state index contributed by atoms with van der Waals surface area (Å²) in [4.78, 5) is 12.3. The predicted octanol–water partition coefficient (Wildman–Crippen LogP) is 4.33. The van der Waals surface area contributed by atoms with Crippen LogP contribution in [-0.2, 0) is 14.8 Å². The maximum absolute atomic E-state index is 12.6. The Labute approximate surface area is 187 Å². The first-order valence-electron chi connectivity index (χ1n) is 9.78. The zero-order valence-electron chi connectivity index (χ0n) is 17.1. The summed E-state index contributed by atoms with van der Waals surface area (Å²) in [5.74, 6) is -1.48. The average Bonchev–Trinajstić information content (AvgIpc) is 3.29. The van der Waals surface area contributed by atoms with Gasteiger partial charge in [-0.2, -0.15) is 21.9 Å². The minimum absolute atomic E-state index is 0.0270. The molecule has 1 saturated heterocycles. The Morgan fingerprint density at radius 3 is 2.21 bits per heavy atom. The highest BCUT2D eigenvalue weighted by Crippen LogP contribution is 2.28. The van der Waals surface area contributed by atoms with Gasteiger partial charge in [0.1, 0.15) is 11.5 Å². The number of rotatable bonds is 9. The van der Waals surface area contributed by atoms with Gasteiger partial charge < -0.3 is 14.8 Å². The van der Waals surface area contributed by atoms with Crippen LogP contribution in [-0.4, -0.2) is 44.9 Å². The molecule has 33 heavy (non-hydrogen) atoms. The molecular formula is C21H20F4N2O5S. The summed E-state index contributed by atoms with van der Waals surface area (Å²) in [6.07, 6.45) is 3.80. The van der Waals surface area contributed by atoms with Crippen molar-refractivity contribution >= 4 is 27.7 Å². The minimum atomic E-state index is -3.58. The summed E-state index contributed by atoms with van der Waals surface area (Å²) in [6, 6.07) is 8.76. The fourth-order valence-corrected chi connectivity index (χ4v) is 4.68. The number of ether oxygens (including phenoxy) is 2. The molecule has 1 fully saturated rings. The lowest BCUT2D eigenvalue weighted by Gasteiger charge is -2.15. The SMILES string of the molecule is O=C(/C=C/c1ccc(OC(F)F)cc1OC(F)F)Nc1ccc(S(=O)(=O)N2CCCC2)cc1. The predicted molar refractivity (Wildman–Crippen MR) is 112 cm³/mol. The van der Waals surface area contributed by atoms with Crippen molar-refractivity contribution in [3.8, 4) is 11.5 Å². The van der Waals surface area contributed by atoms with Crippen LogP contribution in [0.25, 0.3) is 6.08 Å². The summed E-state index contributed by atoms with van der Waals surface area (Å²) in [5, 5.41) is 2.51. The molecule has 1 aliphatic heterocycles. The molecule has 178 valence electrons. The molecule has 1 N–H and O–H groups in total. The minimum Gasteiger partial charge on any atom is -0.435 e. The van der Waals surface area contributed by atoms with Crippen LogP contribution in [0.4, 0.5) is 23.2 Å². The van der Waals surface area contributed by atoms with Crippen molar-refractivity contribution in [2.75, 3.05) is 18.4 Å². The molecule has 0 bridgehead atoms. The number of halogens is 4. The summed E-state index contributed by atoms with van der Waals surface area (Å²) >= 11 is 0. The van der Waals surface area contributed by atoms with E-state index in [-0.39, 0.29) is 16.2 Å². The molecule has 0 saturated carbocycles. The van der Waals surface area contributed by atoms with Crippen LogP contribution >= 0.6 is 0 Å². The van der Waals surface area contributed by atoms with Crippen molar-refractivity contribution in [2.24, 2.45) is 0 Å². The van der Waals surface area contributed by atoms with E-state index in [0.717, 1.165) is 37.1 Å². The Bertz CT molecular complexity index is 1100. The summed E-state index contributed by atoms with van der Waals surface area (Å²) < 4.78 is 84.9. The number of carbonyl (C=O) groups excluding carboxylic acids is 1. The number of alkyl halides is 4. The second kappa shape index (κ2) is 10.7. The third-order valence-electron chi connectivity index (χ3n) is 4.67. The maximum atomic E-state index is 12.6. The Morgan fingerprint density at radius 1 is 0.970 bits per heavy atom. The van der Waals surface area contributed by atoms with Gasteiger partial charge in [0, 0.05) is 36.5 Å². The van der Waals surface area contributed by atoms with Gasteiger partial charge in [0.05, 0.1) is 4.90 Å². The van der Waals surface area contributed by atoms with Crippen LogP contribution in [0.5, 0.6) is 11.5 Å². The Kier molecular flexibility index (Phi) is 7.92. The maximum Gasteiger partial charge on any atom is 0.387 e. The van der Waals surface area contributed by atoms with Crippen LogP contribution in [0.15, 0.2) is 53.4 Å². The van der Waals surface area contributed by atoms with Gasteiger partial charge in [-0.25, -0.2) is 8.42 Å². The highest BCUT2D eigenvalue weighted by Gasteiger charge is 2.26. The largest absolute Gasteiger partial charge is 0.435 e. The Morgan fingerprint density at radius 2 is 1.61 bits per heavy atom. The van der Waals surface area contributed by atoms with Crippen LogP contribution in [0, 0.1) is 0 Å². The molecular weight excluding hydrogens is 468 g/mol. The van der Waals surface area contributed by atoms with E-state index < -0.39 is 34.9 Å². The van der Waals surface area contributed by atoms with Gasteiger partial charge in [0.25, 0.3) is 0 Å². The standard InChI is InChI=1S/C21H20F4N2O5S/c22-20(23)31-16-7-3-14(18(13-16)32-21(24)25)4-10-19(28)26-15-5-8-17(9-6-15)33(29,30)27-11-1-2-12-27/h3-10,13,20-21H,1-2,11-12H2,(H,26,28)/b10-4+. The monoisotopic (exact) mass is 488 g/mol. The smallest absolute Gasteiger partial charge is 0.387 e. The van der Waals surface area contributed by atoms with Crippen molar-refractivity contribution in [1.29, 1.82) is 0 Å². The molecule has 0 spiro atoms. The van der Waals surface area contributed by atoms with Gasteiger partial charge in [-0.05, 0) is 55.3 Å². The van der Waals surface area contributed by atoms with E-state index in [2.05, 4.69) is 14.8 Å². The summed E-state index contributed by atoms with van der Waals surface area (Å²) in [7, 11) is -3.58. The zero-order chi connectivity index (χ0) is 24.0. The normalized spacial score (nSPS) is 14.8. The first-order chi connectivity index (χ1) is 15.6. The Balaban J connectivity index is 1.68. The molecule has 7 nitrogen and oxygen atoms in total.